The van der Waals surface area contributed by atoms with Crippen molar-refractivity contribution in [1.82, 2.24) is 10.3 Å². The van der Waals surface area contributed by atoms with Crippen molar-refractivity contribution in [2.45, 2.75) is 0 Å². The van der Waals surface area contributed by atoms with E-state index in [0.29, 0.717) is 16.5 Å². The van der Waals surface area contributed by atoms with Crippen LogP contribution in [0, 0.1) is 0 Å². The molecule has 0 aliphatic carbocycles. The normalized spacial score (nSPS) is 11.1. The van der Waals surface area contributed by atoms with Crippen molar-refractivity contribution in [3.05, 3.63) is 102 Å². The number of thiocarbonyl (C=S) groups is 1. The fraction of sp³-hybridized carbons (Fsp3) is 0. The summed E-state index contributed by atoms with van der Waals surface area (Å²) in [5, 5.41) is 7.23. The number of furan rings is 1. The highest BCUT2D eigenvalue weighted by Gasteiger charge is 2.12. The zero-order chi connectivity index (χ0) is 24.2. The lowest BCUT2D eigenvalue weighted by Gasteiger charge is -2.10. The van der Waals surface area contributed by atoms with Gasteiger partial charge in [0.05, 0.1) is 15.2 Å². The van der Waals surface area contributed by atoms with Crippen LogP contribution < -0.4 is 10.6 Å². The first-order valence-corrected chi connectivity index (χ1v) is 12.3. The molecule has 0 radical (unpaired) electrons. The number of rotatable bonds is 5. The van der Waals surface area contributed by atoms with Crippen molar-refractivity contribution in [2.24, 2.45) is 0 Å². The molecule has 0 bridgehead atoms. The Balaban J connectivity index is 1.23. The Kier molecular flexibility index (Phi) is 6.72. The minimum atomic E-state index is -0.375. The summed E-state index contributed by atoms with van der Waals surface area (Å²) >= 11 is 13.3. The van der Waals surface area contributed by atoms with E-state index in [-0.39, 0.29) is 11.0 Å². The SMILES string of the molecule is O=C(/C=C/c1ccc(-c2ccccc2)o1)NC(=S)Nc1ccc(Cl)c(-c2nc3ccccc3s2)c1. The van der Waals surface area contributed by atoms with Crippen LogP contribution >= 0.6 is 35.2 Å². The molecule has 5 nitrogen and oxygen atoms in total. The molecule has 2 N–H and O–H groups in total. The lowest BCUT2D eigenvalue weighted by Crippen LogP contribution is -2.32. The number of fused-ring (bicyclic) bond motifs is 1. The molecule has 0 atom stereocenters. The van der Waals surface area contributed by atoms with Crippen LogP contribution in [-0.4, -0.2) is 16.0 Å². The highest BCUT2D eigenvalue weighted by atomic mass is 35.5. The highest BCUT2D eigenvalue weighted by molar-refractivity contribution is 7.80. The number of hydrogen-bond acceptors (Lipinski definition) is 5. The summed E-state index contributed by atoms with van der Waals surface area (Å²) in [6, 6.07) is 26.8. The Morgan fingerprint density at radius 3 is 2.63 bits per heavy atom. The molecule has 0 aliphatic rings. The molecule has 3 aromatic carbocycles. The Bertz CT molecular complexity index is 1520. The number of nitrogens with one attached hydrogen (secondary N) is 2. The number of thiazole rings is 1. The number of halogens is 1. The third kappa shape index (κ3) is 5.49. The predicted octanol–water partition coefficient (Wildman–Crippen LogP) is 7.40. The lowest BCUT2D eigenvalue weighted by atomic mass is 10.2. The van der Waals surface area contributed by atoms with Gasteiger partial charge in [-0.1, -0.05) is 54.1 Å². The summed E-state index contributed by atoms with van der Waals surface area (Å²) in [4.78, 5) is 17.0. The summed E-state index contributed by atoms with van der Waals surface area (Å²) in [5.74, 6) is 0.922. The first-order valence-electron chi connectivity index (χ1n) is 10.7. The van der Waals surface area contributed by atoms with Crippen molar-refractivity contribution >= 4 is 68.2 Å². The molecule has 2 heterocycles. The molecule has 0 aliphatic heterocycles. The van der Waals surface area contributed by atoms with Gasteiger partial charge in [-0.3, -0.25) is 10.1 Å². The minimum Gasteiger partial charge on any atom is -0.457 e. The standard InChI is InChI=1S/C27H18ClN3O2S2/c28-21-13-10-18(16-20(21)26-30-22-8-4-5-9-24(22)35-26)29-27(34)31-25(32)15-12-19-11-14-23(33-19)17-6-2-1-3-7-17/h1-16H,(H2,29,31,32,34)/b15-12+. The second-order valence-corrected chi connectivity index (χ2v) is 9.37. The maximum atomic E-state index is 12.3. The van der Waals surface area contributed by atoms with Crippen LogP contribution in [0.2, 0.25) is 5.02 Å². The number of carbonyl (C=O) groups is 1. The van der Waals surface area contributed by atoms with Crippen LogP contribution in [0.1, 0.15) is 5.76 Å². The fourth-order valence-electron chi connectivity index (χ4n) is 3.43. The molecular weight excluding hydrogens is 498 g/mol. The molecule has 0 spiro atoms. The number of benzene rings is 3. The van der Waals surface area contributed by atoms with E-state index in [0.717, 1.165) is 32.1 Å². The molecule has 5 aromatic rings. The van der Waals surface area contributed by atoms with E-state index in [9.17, 15) is 4.79 Å². The van der Waals surface area contributed by atoms with Crippen LogP contribution in [0.15, 0.2) is 95.4 Å². The van der Waals surface area contributed by atoms with E-state index in [1.165, 1.54) is 6.08 Å². The monoisotopic (exact) mass is 515 g/mol. The number of anilines is 1. The Morgan fingerprint density at radius 1 is 1.00 bits per heavy atom. The molecule has 35 heavy (non-hydrogen) atoms. The van der Waals surface area contributed by atoms with Crippen molar-refractivity contribution in [1.29, 1.82) is 0 Å². The van der Waals surface area contributed by atoms with Gasteiger partial charge in [0.1, 0.15) is 16.5 Å². The third-order valence-electron chi connectivity index (χ3n) is 5.07. The largest absolute Gasteiger partial charge is 0.457 e. The Morgan fingerprint density at radius 2 is 1.80 bits per heavy atom. The molecule has 0 fully saturated rings. The molecule has 0 unspecified atom stereocenters. The van der Waals surface area contributed by atoms with Crippen LogP contribution in [0.3, 0.4) is 0 Å². The zero-order valence-corrected chi connectivity index (χ0v) is 20.6. The first kappa shape index (κ1) is 23.0. The van der Waals surface area contributed by atoms with Crippen molar-refractivity contribution in [3.8, 4) is 21.9 Å². The van der Waals surface area contributed by atoms with Crippen LogP contribution in [0.25, 0.3) is 38.2 Å². The van der Waals surface area contributed by atoms with Gasteiger partial charge in [0.15, 0.2) is 5.11 Å². The third-order valence-corrected chi connectivity index (χ3v) is 6.67. The minimum absolute atomic E-state index is 0.168. The van der Waals surface area contributed by atoms with Crippen molar-refractivity contribution < 1.29 is 9.21 Å². The van der Waals surface area contributed by atoms with E-state index in [2.05, 4.69) is 15.6 Å². The van der Waals surface area contributed by atoms with E-state index in [1.54, 1.807) is 35.6 Å². The maximum Gasteiger partial charge on any atom is 0.250 e. The number of hydrogen-bond donors (Lipinski definition) is 2. The van der Waals surface area contributed by atoms with Gasteiger partial charge in [-0.2, -0.15) is 0 Å². The van der Waals surface area contributed by atoms with E-state index in [1.807, 2.05) is 66.7 Å². The molecule has 0 saturated heterocycles. The maximum absolute atomic E-state index is 12.3. The van der Waals surface area contributed by atoms with E-state index in [4.69, 9.17) is 28.2 Å². The number of carbonyl (C=O) groups excluding carboxylic acids is 1. The number of amides is 1. The molecule has 5 rings (SSSR count). The van der Waals surface area contributed by atoms with Gasteiger partial charge in [0.2, 0.25) is 5.91 Å². The van der Waals surface area contributed by atoms with Gasteiger partial charge in [-0.05, 0) is 60.8 Å². The van der Waals surface area contributed by atoms with Crippen LogP contribution in [0.4, 0.5) is 5.69 Å². The van der Waals surface area contributed by atoms with Crippen LogP contribution in [-0.2, 0) is 4.79 Å². The second-order valence-electron chi connectivity index (χ2n) is 7.53. The fourth-order valence-corrected chi connectivity index (χ4v) is 4.91. The average molecular weight is 516 g/mol. The number of aromatic nitrogens is 1. The van der Waals surface area contributed by atoms with Gasteiger partial charge < -0.3 is 9.73 Å². The van der Waals surface area contributed by atoms with Crippen molar-refractivity contribution in [3.63, 3.8) is 0 Å². The van der Waals surface area contributed by atoms with Gasteiger partial charge in [0, 0.05) is 22.9 Å². The predicted molar refractivity (Wildman–Crippen MR) is 148 cm³/mol. The smallest absolute Gasteiger partial charge is 0.250 e. The summed E-state index contributed by atoms with van der Waals surface area (Å²) in [6.07, 6.45) is 2.97. The van der Waals surface area contributed by atoms with E-state index >= 15 is 0 Å². The van der Waals surface area contributed by atoms with Gasteiger partial charge >= 0.3 is 0 Å². The van der Waals surface area contributed by atoms with Crippen molar-refractivity contribution in [2.75, 3.05) is 5.32 Å². The van der Waals surface area contributed by atoms with Gasteiger partial charge in [0.25, 0.3) is 0 Å². The Hall–Kier alpha value is -3.78. The molecule has 172 valence electrons. The lowest BCUT2D eigenvalue weighted by molar-refractivity contribution is -0.115. The quantitative estimate of drug-likeness (QED) is 0.188. The second kappa shape index (κ2) is 10.2. The zero-order valence-electron chi connectivity index (χ0n) is 18.2. The summed E-state index contributed by atoms with van der Waals surface area (Å²) in [5.41, 5.74) is 3.37. The summed E-state index contributed by atoms with van der Waals surface area (Å²) < 4.78 is 6.86. The Labute approximate surface area is 216 Å². The average Bonchev–Trinajstić information content (AvgIpc) is 3.52. The summed E-state index contributed by atoms with van der Waals surface area (Å²) in [6.45, 7) is 0. The van der Waals surface area contributed by atoms with Gasteiger partial charge in [-0.25, -0.2) is 4.98 Å². The first-order chi connectivity index (χ1) is 17.0. The molecule has 8 heteroatoms. The molecule has 2 aromatic heterocycles. The molecule has 1 amide bonds. The van der Waals surface area contributed by atoms with E-state index < -0.39 is 0 Å². The topological polar surface area (TPSA) is 67.2 Å². The highest BCUT2D eigenvalue weighted by Crippen LogP contribution is 2.35. The van der Waals surface area contributed by atoms with Gasteiger partial charge in [-0.15, -0.1) is 11.3 Å². The summed E-state index contributed by atoms with van der Waals surface area (Å²) in [7, 11) is 0. The molecule has 0 saturated carbocycles. The number of para-hydroxylation sites is 1. The van der Waals surface area contributed by atoms with Crippen LogP contribution in [0.5, 0.6) is 0 Å². The molecular formula is C27H18ClN3O2S2. The number of nitrogens with zero attached hydrogens (tertiary/aromatic N) is 1.